The highest BCUT2D eigenvalue weighted by molar-refractivity contribution is 5.64. The number of nitrogens with zero attached hydrogens (tertiary/aromatic N) is 2. The second-order valence-corrected chi connectivity index (χ2v) is 4.49. The zero-order chi connectivity index (χ0) is 14.3. The molecule has 19 heavy (non-hydrogen) atoms. The Hall–Kier alpha value is -2.09. The van der Waals surface area contributed by atoms with Gasteiger partial charge in [-0.3, -0.25) is 10.1 Å². The Balaban J connectivity index is 2.93. The third kappa shape index (κ3) is 4.25. The van der Waals surface area contributed by atoms with Crippen molar-refractivity contribution in [1.29, 1.82) is 5.26 Å². The van der Waals surface area contributed by atoms with E-state index < -0.39 is 4.92 Å². The lowest BCUT2D eigenvalue weighted by atomic mass is 10.1. The molecule has 102 valence electrons. The SMILES string of the molecule is CCCCC(CC)Nc1ccc(C#N)cc1[N+](=O)[O-]. The van der Waals surface area contributed by atoms with Crippen molar-refractivity contribution in [1.82, 2.24) is 0 Å². The van der Waals surface area contributed by atoms with Gasteiger partial charge in [-0.15, -0.1) is 0 Å². The van der Waals surface area contributed by atoms with Gasteiger partial charge >= 0.3 is 0 Å². The lowest BCUT2D eigenvalue weighted by molar-refractivity contribution is -0.384. The Labute approximate surface area is 113 Å². The number of hydrogen-bond donors (Lipinski definition) is 1. The van der Waals surface area contributed by atoms with Gasteiger partial charge in [0.25, 0.3) is 5.69 Å². The second kappa shape index (κ2) is 7.37. The topological polar surface area (TPSA) is 79.0 Å². The van der Waals surface area contributed by atoms with Crippen LogP contribution in [0.1, 0.15) is 45.1 Å². The van der Waals surface area contributed by atoms with Gasteiger partial charge in [0.2, 0.25) is 0 Å². The van der Waals surface area contributed by atoms with Crippen molar-refractivity contribution in [2.75, 3.05) is 5.32 Å². The molecule has 0 saturated carbocycles. The Morgan fingerprint density at radius 1 is 1.47 bits per heavy atom. The molecule has 0 radical (unpaired) electrons. The fourth-order valence-electron chi connectivity index (χ4n) is 1.92. The number of hydrogen-bond acceptors (Lipinski definition) is 4. The van der Waals surface area contributed by atoms with E-state index in [1.165, 1.54) is 6.07 Å². The highest BCUT2D eigenvalue weighted by Crippen LogP contribution is 2.27. The average Bonchev–Trinajstić information content (AvgIpc) is 2.43. The van der Waals surface area contributed by atoms with Crippen LogP contribution in [0.2, 0.25) is 0 Å². The van der Waals surface area contributed by atoms with Crippen LogP contribution in [-0.2, 0) is 0 Å². The van der Waals surface area contributed by atoms with Gasteiger partial charge in [-0.2, -0.15) is 5.26 Å². The van der Waals surface area contributed by atoms with Gasteiger partial charge in [0.05, 0.1) is 16.6 Å². The third-order valence-electron chi connectivity index (χ3n) is 3.08. The molecule has 1 unspecified atom stereocenters. The summed E-state index contributed by atoms with van der Waals surface area (Å²) in [4.78, 5) is 10.6. The van der Waals surface area contributed by atoms with E-state index in [-0.39, 0.29) is 11.7 Å². The third-order valence-corrected chi connectivity index (χ3v) is 3.08. The zero-order valence-corrected chi connectivity index (χ0v) is 11.3. The second-order valence-electron chi connectivity index (χ2n) is 4.49. The number of nitro benzene ring substituents is 1. The molecule has 1 aromatic carbocycles. The maximum atomic E-state index is 11.0. The van der Waals surface area contributed by atoms with Crippen LogP contribution >= 0.6 is 0 Å². The van der Waals surface area contributed by atoms with Gasteiger partial charge in [0, 0.05) is 12.1 Å². The van der Waals surface area contributed by atoms with Crippen molar-refractivity contribution in [3.05, 3.63) is 33.9 Å². The van der Waals surface area contributed by atoms with Gasteiger partial charge in [-0.1, -0.05) is 26.7 Å². The van der Waals surface area contributed by atoms with E-state index in [0.29, 0.717) is 11.3 Å². The van der Waals surface area contributed by atoms with Crippen molar-refractivity contribution < 1.29 is 4.92 Å². The Kier molecular flexibility index (Phi) is 5.80. The lowest BCUT2D eigenvalue weighted by Crippen LogP contribution is -2.19. The first-order valence-electron chi connectivity index (χ1n) is 6.57. The largest absolute Gasteiger partial charge is 0.377 e. The number of nitrogens with one attached hydrogen (secondary N) is 1. The minimum absolute atomic E-state index is 0.0333. The number of benzene rings is 1. The molecule has 0 spiro atoms. The smallest absolute Gasteiger partial charge is 0.293 e. The van der Waals surface area contributed by atoms with Crippen LogP contribution in [0.15, 0.2) is 18.2 Å². The molecular formula is C14H19N3O2. The van der Waals surface area contributed by atoms with Crippen LogP contribution in [0, 0.1) is 21.4 Å². The highest BCUT2D eigenvalue weighted by Gasteiger charge is 2.17. The molecule has 0 fully saturated rings. The van der Waals surface area contributed by atoms with Gasteiger partial charge < -0.3 is 5.32 Å². The summed E-state index contributed by atoms with van der Waals surface area (Å²) in [7, 11) is 0. The van der Waals surface area contributed by atoms with E-state index >= 15 is 0 Å². The standard InChI is InChI=1S/C14H19N3O2/c1-3-5-6-12(4-2)16-13-8-7-11(10-15)9-14(13)17(18)19/h7-9,12,16H,3-6H2,1-2H3. The number of nitriles is 1. The molecule has 1 atom stereocenters. The predicted molar refractivity (Wildman–Crippen MR) is 75.0 cm³/mol. The summed E-state index contributed by atoms with van der Waals surface area (Å²) in [5.74, 6) is 0. The molecule has 0 aliphatic carbocycles. The number of unbranched alkanes of at least 4 members (excludes halogenated alkanes) is 1. The Morgan fingerprint density at radius 3 is 2.74 bits per heavy atom. The zero-order valence-electron chi connectivity index (χ0n) is 11.3. The number of rotatable bonds is 7. The summed E-state index contributed by atoms with van der Waals surface area (Å²) in [5, 5.41) is 23.0. The minimum Gasteiger partial charge on any atom is -0.377 e. The maximum Gasteiger partial charge on any atom is 0.293 e. The summed E-state index contributed by atoms with van der Waals surface area (Å²) in [5.41, 5.74) is 0.764. The lowest BCUT2D eigenvalue weighted by Gasteiger charge is -2.17. The van der Waals surface area contributed by atoms with Gasteiger partial charge in [-0.25, -0.2) is 0 Å². The fourth-order valence-corrected chi connectivity index (χ4v) is 1.92. The van der Waals surface area contributed by atoms with Gasteiger partial charge in [-0.05, 0) is 25.0 Å². The van der Waals surface area contributed by atoms with Crippen LogP contribution in [0.5, 0.6) is 0 Å². The molecule has 5 heteroatoms. The minimum atomic E-state index is -0.449. The van der Waals surface area contributed by atoms with Crippen molar-refractivity contribution in [2.24, 2.45) is 0 Å². The molecule has 0 amide bonds. The van der Waals surface area contributed by atoms with E-state index in [9.17, 15) is 10.1 Å². The monoisotopic (exact) mass is 261 g/mol. The quantitative estimate of drug-likeness (QED) is 0.597. The van der Waals surface area contributed by atoms with Crippen LogP contribution in [0.3, 0.4) is 0 Å². The van der Waals surface area contributed by atoms with Crippen LogP contribution < -0.4 is 5.32 Å². The van der Waals surface area contributed by atoms with E-state index in [0.717, 1.165) is 25.7 Å². The van der Waals surface area contributed by atoms with E-state index in [1.54, 1.807) is 12.1 Å². The molecule has 1 N–H and O–H groups in total. The molecule has 5 nitrogen and oxygen atoms in total. The summed E-state index contributed by atoms with van der Waals surface area (Å²) in [6.07, 6.45) is 4.10. The molecule has 0 aliphatic heterocycles. The molecular weight excluding hydrogens is 242 g/mol. The fraction of sp³-hybridized carbons (Fsp3) is 0.500. The molecule has 0 aromatic heterocycles. The summed E-state index contributed by atoms with van der Waals surface area (Å²) in [6.45, 7) is 4.18. The summed E-state index contributed by atoms with van der Waals surface area (Å²) >= 11 is 0. The summed E-state index contributed by atoms with van der Waals surface area (Å²) in [6, 6.07) is 6.68. The molecule has 1 rings (SSSR count). The van der Waals surface area contributed by atoms with Crippen molar-refractivity contribution in [3.8, 4) is 6.07 Å². The highest BCUT2D eigenvalue weighted by atomic mass is 16.6. The van der Waals surface area contributed by atoms with Crippen LogP contribution in [0.4, 0.5) is 11.4 Å². The van der Waals surface area contributed by atoms with Crippen molar-refractivity contribution in [2.45, 2.75) is 45.6 Å². The van der Waals surface area contributed by atoms with E-state index in [1.807, 2.05) is 6.07 Å². The van der Waals surface area contributed by atoms with E-state index in [4.69, 9.17) is 5.26 Å². The molecule has 0 bridgehead atoms. The number of anilines is 1. The average molecular weight is 261 g/mol. The number of nitro groups is 1. The predicted octanol–water partition coefficient (Wildman–Crippen LogP) is 3.85. The first-order chi connectivity index (χ1) is 9.12. The molecule has 1 aromatic rings. The van der Waals surface area contributed by atoms with Crippen LogP contribution in [0.25, 0.3) is 0 Å². The normalized spacial score (nSPS) is 11.6. The van der Waals surface area contributed by atoms with Crippen molar-refractivity contribution >= 4 is 11.4 Å². The van der Waals surface area contributed by atoms with E-state index in [2.05, 4.69) is 19.2 Å². The first kappa shape index (κ1) is 15.0. The van der Waals surface area contributed by atoms with Gasteiger partial charge in [0.15, 0.2) is 0 Å². The summed E-state index contributed by atoms with van der Waals surface area (Å²) < 4.78 is 0. The molecule has 0 heterocycles. The van der Waals surface area contributed by atoms with Gasteiger partial charge in [0.1, 0.15) is 5.69 Å². The Morgan fingerprint density at radius 2 is 2.21 bits per heavy atom. The van der Waals surface area contributed by atoms with Crippen LogP contribution in [-0.4, -0.2) is 11.0 Å². The van der Waals surface area contributed by atoms with Crippen molar-refractivity contribution in [3.63, 3.8) is 0 Å². The first-order valence-corrected chi connectivity index (χ1v) is 6.57. The maximum absolute atomic E-state index is 11.0. The Bertz CT molecular complexity index is 480. The molecule has 0 saturated heterocycles. The molecule has 0 aliphatic rings.